The number of rotatable bonds is 16. The Hall–Kier alpha value is -9.62. The zero-order valence-corrected chi connectivity index (χ0v) is 63.3. The van der Waals surface area contributed by atoms with Crippen LogP contribution in [-0.4, -0.2) is 94.2 Å². The molecule has 0 aliphatic carbocycles. The van der Waals surface area contributed by atoms with Gasteiger partial charge in [0.2, 0.25) is 0 Å². The van der Waals surface area contributed by atoms with Crippen molar-refractivity contribution in [3.8, 4) is 23.0 Å². The Morgan fingerprint density at radius 3 is 0.612 bits per heavy atom. The number of halogens is 5. The van der Waals surface area contributed by atoms with Crippen molar-refractivity contribution in [1.82, 2.24) is 18.3 Å². The predicted molar refractivity (Wildman–Crippen MR) is 380 cm³/mol. The summed E-state index contributed by atoms with van der Waals surface area (Å²) in [7, 11) is 6.12. The van der Waals surface area contributed by atoms with Crippen LogP contribution in [0.25, 0.3) is 43.6 Å². The van der Waals surface area contributed by atoms with E-state index >= 15 is 0 Å². The molecule has 0 amide bonds. The number of ether oxygens (including phenoxy) is 4. The number of carboxylic acids is 4. The number of carbonyl (C=O) groups excluding carboxylic acids is 8. The number of nitrogens with zero attached hydrogens (tertiary/aromatic N) is 4. The number of hydrogen-bond donors (Lipinski definition) is 0. The van der Waals surface area contributed by atoms with Gasteiger partial charge in [0.1, 0.15) is 23.0 Å². The van der Waals surface area contributed by atoms with Crippen LogP contribution >= 0.6 is 58.8 Å². The maximum Gasteiger partial charge on any atom is 2.00 e. The maximum absolute atomic E-state index is 13.0. The Kier molecular flexibility index (Phi) is 28.8. The molecule has 103 heavy (non-hydrogen) atoms. The van der Waals surface area contributed by atoms with Crippen LogP contribution < -0.4 is 39.4 Å². The minimum Gasteiger partial charge on any atom is -0.550 e. The van der Waals surface area contributed by atoms with E-state index in [2.05, 4.69) is 0 Å². The average molecular weight is 1670 g/mol. The van der Waals surface area contributed by atoms with E-state index < -0.39 is 23.9 Å². The van der Waals surface area contributed by atoms with E-state index in [1.807, 2.05) is 0 Å². The molecule has 0 atom stereocenters. The normalized spacial score (nSPS) is 10.5. The molecule has 0 aliphatic heterocycles. The molecular weight excluding hydrogens is 1600 g/mol. The smallest absolute Gasteiger partial charge is 0.550 e. The summed E-state index contributed by atoms with van der Waals surface area (Å²) >= 11 is 23.5. The Bertz CT molecular complexity index is 4560. The van der Waals surface area contributed by atoms with Crippen LogP contribution in [-0.2, 0) is 83.8 Å². The van der Waals surface area contributed by atoms with Crippen LogP contribution in [0.4, 0.5) is 0 Å². The second-order valence-electron chi connectivity index (χ2n) is 22.6. The minimum atomic E-state index is -1.20. The predicted octanol–water partition coefficient (Wildman–Crippen LogP) is 10.8. The summed E-state index contributed by atoms with van der Waals surface area (Å²) in [6, 6.07) is 47.0. The molecule has 0 saturated heterocycles. The van der Waals surface area contributed by atoms with Gasteiger partial charge in [0.05, 0.1) is 50.5 Å². The first-order valence-electron chi connectivity index (χ1n) is 30.4. The van der Waals surface area contributed by atoms with Gasteiger partial charge < -0.3 is 58.6 Å². The standard InChI is InChI=1S/4C19H16ClNO4.ClH.2Ru/c4*1-11-15(10-18(22)23)16-9-14(25-2)7-8-17(16)21(11)19(24)12-3-5-13(20)6-4-12;;;/h4*3-9H,10H2,1-2H3,(H,22,23);1H;;/q;;;;;2*+2/p-4. The van der Waals surface area contributed by atoms with Crippen LogP contribution in [0, 0.1) is 27.7 Å². The molecule has 0 spiro atoms. The molecule has 12 aromatic rings. The van der Waals surface area contributed by atoms with Crippen molar-refractivity contribution in [2.75, 3.05) is 28.4 Å². The molecule has 4 aromatic heterocycles. The third kappa shape index (κ3) is 18.4. The Morgan fingerprint density at radius 2 is 0.466 bits per heavy atom. The maximum atomic E-state index is 13.0. The Labute approximate surface area is 642 Å². The van der Waals surface area contributed by atoms with Gasteiger partial charge in [0.25, 0.3) is 23.6 Å². The monoisotopic (exact) mass is 1660 g/mol. The first kappa shape index (κ1) is 82.3. The molecule has 4 heterocycles. The van der Waals surface area contributed by atoms with Gasteiger partial charge in [-0.2, -0.15) is 0 Å². The van der Waals surface area contributed by atoms with E-state index in [4.69, 9.17) is 65.4 Å². The van der Waals surface area contributed by atoms with Gasteiger partial charge in [-0.25, -0.2) is 0 Å². The molecule has 0 saturated carbocycles. The fraction of sp³-hybridized carbons (Fsp3) is 0.158. The van der Waals surface area contributed by atoms with Crippen molar-refractivity contribution in [1.29, 1.82) is 0 Å². The number of fused-ring (bicyclic) bond motifs is 4. The average Bonchev–Trinajstić information content (AvgIpc) is 1.64. The first-order valence-corrected chi connectivity index (χ1v) is 31.9. The summed E-state index contributed by atoms with van der Waals surface area (Å²) < 4.78 is 26.9. The van der Waals surface area contributed by atoms with E-state index in [-0.39, 0.29) is 101 Å². The summed E-state index contributed by atoms with van der Waals surface area (Å²) in [5.41, 5.74) is 8.72. The molecule has 12 rings (SSSR count). The van der Waals surface area contributed by atoms with Crippen LogP contribution in [0.2, 0.25) is 20.1 Å². The zero-order chi connectivity index (χ0) is 72.5. The minimum absolute atomic E-state index is 0. The second-order valence-corrected chi connectivity index (χ2v) is 24.3. The number of carboxylic acid groups (broad SMARTS) is 4. The van der Waals surface area contributed by atoms with Gasteiger partial charge in [-0.3, -0.25) is 37.4 Å². The topological polar surface area (TPSA) is 285 Å². The third-order valence-electron chi connectivity index (χ3n) is 16.6. The fourth-order valence-electron chi connectivity index (χ4n) is 11.8. The molecule has 0 radical (unpaired) electrons. The molecule has 20 nitrogen and oxygen atoms in total. The van der Waals surface area contributed by atoms with Gasteiger partial charge in [0.15, 0.2) is 0 Å². The third-order valence-corrected chi connectivity index (χ3v) is 17.6. The summed E-state index contributed by atoms with van der Waals surface area (Å²) in [5.74, 6) is -3.50. The molecule has 27 heteroatoms. The van der Waals surface area contributed by atoms with Crippen molar-refractivity contribution >= 4 is 150 Å². The molecule has 0 bridgehead atoms. The molecule has 0 N–H and O–H groups in total. The van der Waals surface area contributed by atoms with E-state index in [0.29, 0.717) is 154 Å². The van der Waals surface area contributed by atoms with Gasteiger partial charge in [-0.15, -0.1) is 12.4 Å². The van der Waals surface area contributed by atoms with E-state index in [0.717, 1.165) is 0 Å². The van der Waals surface area contributed by atoms with Crippen molar-refractivity contribution in [2.45, 2.75) is 53.4 Å². The van der Waals surface area contributed by atoms with Gasteiger partial charge in [-0.05, 0) is 220 Å². The summed E-state index contributed by atoms with van der Waals surface area (Å²) in [6.07, 6.45) is -1.13. The summed E-state index contributed by atoms with van der Waals surface area (Å²) in [6.45, 7) is 6.88. The van der Waals surface area contributed by atoms with Crippen molar-refractivity contribution < 1.29 is 117 Å². The van der Waals surface area contributed by atoms with Gasteiger partial charge in [-0.1, -0.05) is 46.4 Å². The number of methoxy groups -OCH3 is 4. The number of benzene rings is 8. The SMILES string of the molecule is COc1ccc2c(c1)c(CC(=O)[O-])c(C)n2C(=O)c1ccc(Cl)cc1.COc1ccc2c(c1)c(CC(=O)[O-])c(C)n2C(=O)c1ccc(Cl)cc1.COc1ccc2c(c1)c(CC(=O)[O-])c(C)n2C(=O)c1ccc(Cl)cc1.COc1ccc2c(c1)c(CC(=O)[O-])c(C)n2C(=O)c1ccc(Cl)cc1.Cl.[Ru+2].[Ru+2]. The molecule has 8 aromatic carbocycles. The second kappa shape index (κ2) is 36.0. The number of aliphatic carboxylic acids is 4. The number of aromatic nitrogens is 4. The zero-order valence-electron chi connectivity index (χ0n) is 55.9. The summed E-state index contributed by atoms with van der Waals surface area (Å²) in [4.78, 5) is 96.5. The molecule has 532 valence electrons. The van der Waals surface area contributed by atoms with Crippen molar-refractivity contribution in [3.63, 3.8) is 0 Å². The van der Waals surface area contributed by atoms with E-state index in [1.54, 1.807) is 198 Å². The molecular formula is C76H61Cl5N4O16Ru2. The number of hydrogen-bond acceptors (Lipinski definition) is 16. The van der Waals surface area contributed by atoms with Crippen LogP contribution in [0.15, 0.2) is 170 Å². The van der Waals surface area contributed by atoms with Crippen LogP contribution in [0.5, 0.6) is 23.0 Å². The summed E-state index contributed by atoms with van der Waals surface area (Å²) in [5, 5.41) is 49.4. The molecule has 0 aliphatic rings. The number of carbonyl (C=O) groups is 8. The van der Waals surface area contributed by atoms with Crippen LogP contribution in [0.1, 0.15) is 86.5 Å². The Morgan fingerprint density at radius 1 is 0.301 bits per heavy atom. The fourth-order valence-corrected chi connectivity index (χ4v) is 12.3. The van der Waals surface area contributed by atoms with E-state index in [1.165, 1.54) is 46.7 Å². The Balaban J connectivity index is 0.000000214. The van der Waals surface area contributed by atoms with Crippen molar-refractivity contribution in [3.05, 3.63) is 257 Å². The van der Waals surface area contributed by atoms with Crippen molar-refractivity contribution in [2.24, 2.45) is 0 Å². The van der Waals surface area contributed by atoms with Gasteiger partial charge in [0, 0.05) is 136 Å². The van der Waals surface area contributed by atoms with E-state index in [9.17, 15) is 58.8 Å². The van der Waals surface area contributed by atoms with Gasteiger partial charge >= 0.3 is 39.0 Å². The molecule has 0 unspecified atom stereocenters. The largest absolute Gasteiger partial charge is 2.00 e. The first-order chi connectivity index (χ1) is 47.7. The molecule has 0 fully saturated rings. The van der Waals surface area contributed by atoms with Crippen LogP contribution in [0.3, 0.4) is 0 Å². The quantitative estimate of drug-likeness (QED) is 0.0812.